The fourth-order valence-corrected chi connectivity index (χ4v) is 5.65. The summed E-state index contributed by atoms with van der Waals surface area (Å²) in [5, 5.41) is 10.3. The topological polar surface area (TPSA) is 57.6 Å². The van der Waals surface area contributed by atoms with Gasteiger partial charge in [-0.2, -0.15) is 5.06 Å². The third kappa shape index (κ3) is 28.6. The molecule has 0 unspecified atom stereocenters. The molecule has 0 radical (unpaired) electrons. The molecule has 238 valence electrons. The van der Waals surface area contributed by atoms with Crippen LogP contribution in [0.5, 0.6) is 0 Å². The first-order valence-electron chi connectivity index (χ1n) is 18.2. The Kier molecular flexibility index (Phi) is 31.9. The van der Waals surface area contributed by atoms with Crippen molar-refractivity contribution in [2.45, 2.75) is 219 Å². The highest BCUT2D eigenvalue weighted by atomic mass is 16.5. The van der Waals surface area contributed by atoms with Crippen molar-refractivity contribution in [1.82, 2.24) is 5.06 Å². The standard InChI is InChI=1S/C36H71NO3/c1-3-5-7-9-11-13-15-17-19-21-23-25-27-29-31-33-35(38)37(40)36(39)34-32-30-28-26-24-22-20-18-16-14-12-10-8-6-4-2/h40H,3-34H2,1-2H3. The molecule has 0 fully saturated rings. The van der Waals surface area contributed by atoms with E-state index in [1.54, 1.807) is 0 Å². The van der Waals surface area contributed by atoms with Crippen molar-refractivity contribution in [1.29, 1.82) is 0 Å². The van der Waals surface area contributed by atoms with Crippen molar-refractivity contribution < 1.29 is 14.8 Å². The summed E-state index contributed by atoms with van der Waals surface area (Å²) in [7, 11) is 0. The normalized spacial score (nSPS) is 11.3. The number of nitrogens with zero attached hydrogens (tertiary/aromatic N) is 1. The summed E-state index contributed by atoms with van der Waals surface area (Å²) < 4.78 is 0. The van der Waals surface area contributed by atoms with Gasteiger partial charge in [-0.15, -0.1) is 0 Å². The van der Waals surface area contributed by atoms with Crippen LogP contribution in [-0.4, -0.2) is 22.1 Å². The molecule has 0 aromatic heterocycles. The molecule has 0 spiro atoms. The van der Waals surface area contributed by atoms with E-state index >= 15 is 0 Å². The Morgan fingerprint density at radius 3 is 0.725 bits per heavy atom. The number of amides is 2. The van der Waals surface area contributed by atoms with E-state index in [1.807, 2.05) is 0 Å². The number of carbonyl (C=O) groups is 2. The van der Waals surface area contributed by atoms with Crippen LogP contribution in [0, 0.1) is 0 Å². The molecule has 0 aromatic carbocycles. The minimum absolute atomic E-state index is 0.277. The van der Waals surface area contributed by atoms with E-state index in [0.717, 1.165) is 38.5 Å². The highest BCUT2D eigenvalue weighted by Gasteiger charge is 2.18. The molecule has 0 aliphatic rings. The van der Waals surface area contributed by atoms with Gasteiger partial charge < -0.3 is 0 Å². The quantitative estimate of drug-likeness (QED) is 0.0501. The van der Waals surface area contributed by atoms with Crippen LogP contribution in [0.15, 0.2) is 0 Å². The van der Waals surface area contributed by atoms with Crippen molar-refractivity contribution in [2.75, 3.05) is 0 Å². The Morgan fingerprint density at radius 2 is 0.525 bits per heavy atom. The number of carbonyl (C=O) groups excluding carboxylic acids is 2. The fraction of sp³-hybridized carbons (Fsp3) is 0.944. The number of imide groups is 1. The molecule has 0 atom stereocenters. The van der Waals surface area contributed by atoms with Gasteiger partial charge in [0, 0.05) is 12.8 Å². The zero-order valence-corrected chi connectivity index (χ0v) is 27.3. The van der Waals surface area contributed by atoms with Crippen LogP contribution in [0.1, 0.15) is 219 Å². The largest absolute Gasteiger partial charge is 0.279 e. The fourth-order valence-electron chi connectivity index (χ4n) is 5.65. The van der Waals surface area contributed by atoms with Gasteiger partial charge in [0.05, 0.1) is 0 Å². The third-order valence-electron chi connectivity index (χ3n) is 8.46. The van der Waals surface area contributed by atoms with Gasteiger partial charge in [-0.1, -0.05) is 194 Å². The van der Waals surface area contributed by atoms with Crippen LogP contribution >= 0.6 is 0 Å². The van der Waals surface area contributed by atoms with Crippen LogP contribution in [0.2, 0.25) is 0 Å². The highest BCUT2D eigenvalue weighted by Crippen LogP contribution is 2.16. The predicted molar refractivity (Wildman–Crippen MR) is 173 cm³/mol. The molecule has 40 heavy (non-hydrogen) atoms. The van der Waals surface area contributed by atoms with Crippen LogP contribution in [0.4, 0.5) is 0 Å². The number of rotatable bonds is 32. The molecule has 0 aliphatic carbocycles. The maximum Gasteiger partial charge on any atom is 0.253 e. The van der Waals surface area contributed by atoms with Crippen molar-refractivity contribution in [3.8, 4) is 0 Å². The second-order valence-corrected chi connectivity index (χ2v) is 12.5. The lowest BCUT2D eigenvalue weighted by Crippen LogP contribution is -2.33. The van der Waals surface area contributed by atoms with Gasteiger partial charge in [0.25, 0.3) is 11.8 Å². The van der Waals surface area contributed by atoms with Gasteiger partial charge in [-0.05, 0) is 12.8 Å². The summed E-state index contributed by atoms with van der Waals surface area (Å²) in [6.07, 6.45) is 39.0. The van der Waals surface area contributed by atoms with E-state index in [1.165, 1.54) is 154 Å². The van der Waals surface area contributed by atoms with Crippen molar-refractivity contribution in [3.63, 3.8) is 0 Å². The summed E-state index contributed by atoms with van der Waals surface area (Å²) in [6.45, 7) is 4.54. The van der Waals surface area contributed by atoms with E-state index in [2.05, 4.69) is 13.8 Å². The van der Waals surface area contributed by atoms with E-state index in [0.29, 0.717) is 5.06 Å². The summed E-state index contributed by atoms with van der Waals surface area (Å²) >= 11 is 0. The third-order valence-corrected chi connectivity index (χ3v) is 8.46. The zero-order valence-electron chi connectivity index (χ0n) is 27.3. The first kappa shape index (κ1) is 39.1. The number of hydrogen-bond donors (Lipinski definition) is 1. The average Bonchev–Trinajstić information content (AvgIpc) is 2.96. The maximum atomic E-state index is 12.1. The van der Waals surface area contributed by atoms with E-state index in [-0.39, 0.29) is 12.8 Å². The van der Waals surface area contributed by atoms with Crippen molar-refractivity contribution >= 4 is 11.8 Å². The van der Waals surface area contributed by atoms with Crippen molar-refractivity contribution in [2.24, 2.45) is 0 Å². The summed E-state index contributed by atoms with van der Waals surface area (Å²) in [4.78, 5) is 24.3. The molecule has 0 aliphatic heterocycles. The number of hydrogen-bond acceptors (Lipinski definition) is 3. The molecule has 4 nitrogen and oxygen atoms in total. The molecule has 0 saturated heterocycles. The minimum atomic E-state index is -0.430. The lowest BCUT2D eigenvalue weighted by molar-refractivity contribution is -0.179. The first-order chi connectivity index (χ1) is 19.6. The molecule has 0 aromatic rings. The van der Waals surface area contributed by atoms with Gasteiger partial charge in [-0.25, -0.2) is 0 Å². The van der Waals surface area contributed by atoms with Crippen LogP contribution < -0.4 is 0 Å². The molecule has 0 saturated carbocycles. The summed E-state index contributed by atoms with van der Waals surface area (Å²) in [6, 6.07) is 0. The molecular weight excluding hydrogens is 494 g/mol. The molecule has 0 heterocycles. The first-order valence-corrected chi connectivity index (χ1v) is 18.2. The highest BCUT2D eigenvalue weighted by molar-refractivity contribution is 5.93. The molecule has 0 bridgehead atoms. The Balaban J connectivity index is 3.41. The van der Waals surface area contributed by atoms with E-state index in [4.69, 9.17) is 0 Å². The number of unbranched alkanes of at least 4 members (excludes halogenated alkanes) is 28. The Labute approximate surface area is 250 Å². The van der Waals surface area contributed by atoms with Crippen LogP contribution in [0.25, 0.3) is 0 Å². The minimum Gasteiger partial charge on any atom is -0.279 e. The van der Waals surface area contributed by atoms with E-state index < -0.39 is 11.8 Å². The molecular formula is C36H71NO3. The van der Waals surface area contributed by atoms with Gasteiger partial charge in [0.15, 0.2) is 0 Å². The SMILES string of the molecule is CCCCCCCCCCCCCCCCCC(=O)N(O)C(=O)CCCCCCCCCCCCCCCCC. The van der Waals surface area contributed by atoms with E-state index in [9.17, 15) is 14.8 Å². The molecule has 2 amide bonds. The Bertz CT molecular complexity index is 490. The molecule has 1 N–H and O–H groups in total. The maximum absolute atomic E-state index is 12.1. The lowest BCUT2D eigenvalue weighted by atomic mass is 10.0. The Hall–Kier alpha value is -0.900. The summed E-state index contributed by atoms with van der Waals surface area (Å²) in [5.41, 5.74) is 0. The van der Waals surface area contributed by atoms with Gasteiger partial charge in [0.2, 0.25) is 0 Å². The monoisotopic (exact) mass is 566 g/mol. The zero-order chi connectivity index (χ0) is 29.4. The molecule has 0 rings (SSSR count). The van der Waals surface area contributed by atoms with Crippen LogP contribution in [0.3, 0.4) is 0 Å². The Morgan fingerprint density at radius 1 is 0.350 bits per heavy atom. The van der Waals surface area contributed by atoms with Gasteiger partial charge in [-0.3, -0.25) is 14.8 Å². The second-order valence-electron chi connectivity index (χ2n) is 12.5. The summed E-state index contributed by atoms with van der Waals surface area (Å²) in [5.74, 6) is -0.860. The smallest absolute Gasteiger partial charge is 0.253 e. The number of hydroxylamine groups is 2. The van der Waals surface area contributed by atoms with Gasteiger partial charge >= 0.3 is 0 Å². The predicted octanol–water partition coefficient (Wildman–Crippen LogP) is 12.3. The molecule has 4 heteroatoms. The lowest BCUT2D eigenvalue weighted by Gasteiger charge is -2.13. The van der Waals surface area contributed by atoms with Gasteiger partial charge in [0.1, 0.15) is 0 Å². The average molecular weight is 566 g/mol. The van der Waals surface area contributed by atoms with Crippen molar-refractivity contribution in [3.05, 3.63) is 0 Å². The van der Waals surface area contributed by atoms with Crippen LogP contribution in [-0.2, 0) is 9.59 Å². The second kappa shape index (κ2) is 32.6.